The van der Waals surface area contributed by atoms with Gasteiger partial charge >= 0.3 is 0 Å². The number of amides is 1. The maximum absolute atomic E-state index is 13.8. The van der Waals surface area contributed by atoms with Gasteiger partial charge in [0.05, 0.1) is 16.7 Å². The van der Waals surface area contributed by atoms with Crippen molar-refractivity contribution >= 4 is 48.3 Å². The fraction of sp³-hybridized carbons (Fsp3) is 0.0476. The van der Waals surface area contributed by atoms with Crippen molar-refractivity contribution in [2.45, 2.75) is 4.90 Å². The molecule has 3 aromatic carbocycles. The fourth-order valence-electron chi connectivity index (χ4n) is 2.87. The zero-order valence-corrected chi connectivity index (χ0v) is 18.1. The number of sulfonamides is 1. The van der Waals surface area contributed by atoms with Crippen LogP contribution in [0.5, 0.6) is 5.75 Å². The largest absolute Gasteiger partial charge is 0.497 e. The summed E-state index contributed by atoms with van der Waals surface area (Å²) in [4.78, 5) is 16.6. The maximum Gasteiger partial charge on any atom is 0.261 e. The molecule has 2 N–H and O–H groups in total. The zero-order chi connectivity index (χ0) is 22.9. The number of aromatic nitrogens is 1. The third-order valence-corrected chi connectivity index (χ3v) is 6.70. The Kier molecular flexibility index (Phi) is 5.76. The second-order valence-corrected chi connectivity index (χ2v) is 9.28. The van der Waals surface area contributed by atoms with Gasteiger partial charge in [0.25, 0.3) is 15.9 Å². The van der Waals surface area contributed by atoms with Crippen LogP contribution < -0.4 is 14.8 Å². The van der Waals surface area contributed by atoms with Gasteiger partial charge in [0.15, 0.2) is 10.9 Å². The molecule has 0 fully saturated rings. The summed E-state index contributed by atoms with van der Waals surface area (Å²) < 4.78 is 60.1. The summed E-state index contributed by atoms with van der Waals surface area (Å²) in [7, 11) is -2.42. The molecule has 0 spiro atoms. The lowest BCUT2D eigenvalue weighted by molar-refractivity contribution is 0.102. The number of halogens is 2. The Morgan fingerprint density at radius 3 is 2.53 bits per heavy atom. The first kappa shape index (κ1) is 21.7. The van der Waals surface area contributed by atoms with Crippen molar-refractivity contribution in [2.75, 3.05) is 17.1 Å². The molecule has 1 amide bonds. The van der Waals surface area contributed by atoms with Gasteiger partial charge in [0, 0.05) is 17.3 Å². The highest BCUT2D eigenvalue weighted by Crippen LogP contribution is 2.29. The van der Waals surface area contributed by atoms with Gasteiger partial charge in [-0.2, -0.15) is 0 Å². The molecule has 4 rings (SSSR count). The van der Waals surface area contributed by atoms with Gasteiger partial charge in [-0.25, -0.2) is 22.2 Å². The van der Waals surface area contributed by atoms with Gasteiger partial charge in [-0.05, 0) is 48.5 Å². The summed E-state index contributed by atoms with van der Waals surface area (Å²) in [6, 6.07) is 13.5. The van der Waals surface area contributed by atoms with Gasteiger partial charge in [0.2, 0.25) is 0 Å². The lowest BCUT2D eigenvalue weighted by Gasteiger charge is -2.10. The van der Waals surface area contributed by atoms with Gasteiger partial charge in [0.1, 0.15) is 17.1 Å². The minimum absolute atomic E-state index is 0.0249. The number of carbonyl (C=O) groups excluding carboxylic acids is 1. The van der Waals surface area contributed by atoms with Crippen molar-refractivity contribution < 1.29 is 26.7 Å². The lowest BCUT2D eigenvalue weighted by Crippen LogP contribution is -2.15. The van der Waals surface area contributed by atoms with E-state index >= 15 is 0 Å². The average Bonchev–Trinajstić information content (AvgIpc) is 3.16. The van der Waals surface area contributed by atoms with Crippen molar-refractivity contribution in [1.82, 2.24) is 4.98 Å². The van der Waals surface area contributed by atoms with Crippen LogP contribution in [0.3, 0.4) is 0 Å². The Morgan fingerprint density at radius 2 is 1.81 bits per heavy atom. The van der Waals surface area contributed by atoms with E-state index in [2.05, 4.69) is 15.0 Å². The summed E-state index contributed by atoms with van der Waals surface area (Å²) in [5.74, 6) is -1.64. The second kappa shape index (κ2) is 8.52. The first-order valence-corrected chi connectivity index (χ1v) is 11.4. The van der Waals surface area contributed by atoms with Crippen molar-refractivity contribution in [3.63, 3.8) is 0 Å². The fourth-order valence-corrected chi connectivity index (χ4v) is 4.82. The number of thiazole rings is 1. The van der Waals surface area contributed by atoms with Gasteiger partial charge in [-0.15, -0.1) is 0 Å². The molecular weight excluding hydrogens is 460 g/mol. The molecule has 0 bridgehead atoms. The number of rotatable bonds is 6. The Balaban J connectivity index is 1.53. The zero-order valence-electron chi connectivity index (χ0n) is 16.4. The van der Waals surface area contributed by atoms with Crippen LogP contribution in [0.4, 0.5) is 19.6 Å². The SMILES string of the molecule is COc1ccc(S(=O)(=O)Nc2cccc(C(=O)Nc3nc4c(F)cc(F)cc4s3)c2)cc1. The highest BCUT2D eigenvalue weighted by atomic mass is 32.2. The number of fused-ring (bicyclic) bond motifs is 1. The van der Waals surface area contributed by atoms with Crippen molar-refractivity contribution in [2.24, 2.45) is 0 Å². The number of anilines is 2. The molecule has 1 aromatic heterocycles. The number of benzene rings is 3. The van der Waals surface area contributed by atoms with E-state index in [1.54, 1.807) is 0 Å². The average molecular weight is 475 g/mol. The van der Waals surface area contributed by atoms with Crippen LogP contribution in [0.1, 0.15) is 10.4 Å². The van der Waals surface area contributed by atoms with Crippen LogP contribution >= 0.6 is 11.3 Å². The van der Waals surface area contributed by atoms with Crippen LogP contribution in [0.15, 0.2) is 65.6 Å². The maximum atomic E-state index is 13.8. The molecule has 0 radical (unpaired) electrons. The molecule has 0 saturated carbocycles. The normalized spacial score (nSPS) is 11.3. The van der Waals surface area contributed by atoms with Crippen molar-refractivity contribution in [3.8, 4) is 5.75 Å². The smallest absolute Gasteiger partial charge is 0.261 e. The van der Waals surface area contributed by atoms with Gasteiger partial charge in [-0.1, -0.05) is 17.4 Å². The van der Waals surface area contributed by atoms with Crippen LogP contribution in [-0.4, -0.2) is 26.4 Å². The lowest BCUT2D eigenvalue weighted by atomic mass is 10.2. The summed E-state index contributed by atoms with van der Waals surface area (Å²) in [5, 5.41) is 2.60. The summed E-state index contributed by atoms with van der Waals surface area (Å²) in [5.41, 5.74) is 0.268. The van der Waals surface area contributed by atoms with Crippen LogP contribution in [-0.2, 0) is 10.0 Å². The van der Waals surface area contributed by atoms with E-state index in [0.29, 0.717) is 11.8 Å². The summed E-state index contributed by atoms with van der Waals surface area (Å²) in [6.45, 7) is 0. The molecule has 11 heteroatoms. The van der Waals surface area contributed by atoms with E-state index < -0.39 is 27.6 Å². The van der Waals surface area contributed by atoms with Gasteiger partial charge < -0.3 is 4.74 Å². The summed E-state index contributed by atoms with van der Waals surface area (Å²) in [6.07, 6.45) is 0. The van der Waals surface area contributed by atoms with Gasteiger partial charge in [-0.3, -0.25) is 14.8 Å². The number of nitrogens with one attached hydrogen (secondary N) is 2. The molecule has 32 heavy (non-hydrogen) atoms. The molecule has 0 atom stereocenters. The monoisotopic (exact) mass is 475 g/mol. The Labute approximate surface area is 185 Å². The quantitative estimate of drug-likeness (QED) is 0.424. The van der Waals surface area contributed by atoms with E-state index in [1.807, 2.05) is 0 Å². The highest BCUT2D eigenvalue weighted by Gasteiger charge is 2.17. The molecule has 0 aliphatic heterocycles. The number of carbonyl (C=O) groups is 1. The first-order chi connectivity index (χ1) is 15.2. The van der Waals surface area contributed by atoms with E-state index in [0.717, 1.165) is 17.4 Å². The van der Waals surface area contributed by atoms with E-state index in [9.17, 15) is 22.0 Å². The molecule has 4 aromatic rings. The number of hydrogen-bond donors (Lipinski definition) is 2. The number of nitrogens with zero attached hydrogens (tertiary/aromatic N) is 1. The van der Waals surface area contributed by atoms with Crippen LogP contribution in [0.25, 0.3) is 10.2 Å². The predicted molar refractivity (Wildman–Crippen MR) is 118 cm³/mol. The minimum atomic E-state index is -3.89. The molecule has 0 aliphatic rings. The molecule has 0 aliphatic carbocycles. The Hall–Kier alpha value is -3.57. The van der Waals surface area contributed by atoms with Crippen molar-refractivity contribution in [3.05, 3.63) is 77.9 Å². The number of methoxy groups -OCH3 is 1. The predicted octanol–water partition coefficient (Wildman–Crippen LogP) is 4.64. The van der Waals surface area contributed by atoms with Crippen LogP contribution in [0, 0.1) is 11.6 Å². The highest BCUT2D eigenvalue weighted by molar-refractivity contribution is 7.92. The Morgan fingerprint density at radius 1 is 1.06 bits per heavy atom. The number of ether oxygens (including phenoxy) is 1. The van der Waals surface area contributed by atoms with Crippen molar-refractivity contribution in [1.29, 1.82) is 0 Å². The molecular formula is C21H15F2N3O4S2. The topological polar surface area (TPSA) is 97.4 Å². The van der Waals surface area contributed by atoms with E-state index in [1.165, 1.54) is 55.6 Å². The molecule has 0 saturated heterocycles. The third kappa shape index (κ3) is 4.53. The second-order valence-electron chi connectivity index (χ2n) is 6.57. The number of hydrogen-bond acceptors (Lipinski definition) is 6. The molecule has 1 heterocycles. The van der Waals surface area contributed by atoms with E-state index in [-0.39, 0.29) is 31.5 Å². The Bertz CT molecular complexity index is 1420. The summed E-state index contributed by atoms with van der Waals surface area (Å²) >= 11 is 0.918. The standard InChI is InChI=1S/C21H15F2N3O4S2/c1-30-15-5-7-16(8-6-15)32(28,29)26-14-4-2-3-12(9-14)20(27)25-21-24-19-17(23)10-13(22)11-18(19)31-21/h2-11,26H,1H3,(H,24,25,27). The first-order valence-electron chi connectivity index (χ1n) is 9.09. The van der Waals surface area contributed by atoms with E-state index in [4.69, 9.17) is 4.74 Å². The molecule has 164 valence electrons. The molecule has 0 unspecified atom stereocenters. The minimum Gasteiger partial charge on any atom is -0.497 e. The van der Waals surface area contributed by atoms with Crippen LogP contribution in [0.2, 0.25) is 0 Å². The third-order valence-electron chi connectivity index (χ3n) is 4.38. The molecule has 7 nitrogen and oxygen atoms in total.